The Morgan fingerprint density at radius 3 is 2.41 bits per heavy atom. The van der Waals surface area contributed by atoms with Crippen molar-refractivity contribution in [2.45, 2.75) is 6.54 Å². The number of benzene rings is 2. The largest absolute Gasteiger partial charge is 0.465 e. The SMILES string of the molecule is COC(=O)c1ccc(CNC(=O)Nc2ccccc2I)cc1. The van der Waals surface area contributed by atoms with E-state index in [0.29, 0.717) is 12.1 Å². The highest BCUT2D eigenvalue weighted by Crippen LogP contribution is 2.16. The average Bonchev–Trinajstić information content (AvgIpc) is 2.55. The smallest absolute Gasteiger partial charge is 0.337 e. The summed E-state index contributed by atoms with van der Waals surface area (Å²) in [7, 11) is 1.34. The van der Waals surface area contributed by atoms with E-state index >= 15 is 0 Å². The van der Waals surface area contributed by atoms with Crippen LogP contribution in [-0.4, -0.2) is 19.1 Å². The quantitative estimate of drug-likeness (QED) is 0.600. The van der Waals surface area contributed by atoms with Crippen molar-refractivity contribution in [3.63, 3.8) is 0 Å². The summed E-state index contributed by atoms with van der Waals surface area (Å²) < 4.78 is 5.60. The van der Waals surface area contributed by atoms with Gasteiger partial charge in [0.25, 0.3) is 0 Å². The Labute approximate surface area is 142 Å². The topological polar surface area (TPSA) is 67.4 Å². The maximum atomic E-state index is 11.9. The lowest BCUT2D eigenvalue weighted by Crippen LogP contribution is -2.28. The molecular formula is C16H15IN2O3. The van der Waals surface area contributed by atoms with Gasteiger partial charge in [-0.3, -0.25) is 0 Å². The number of para-hydroxylation sites is 1. The van der Waals surface area contributed by atoms with Crippen molar-refractivity contribution in [1.82, 2.24) is 5.32 Å². The van der Waals surface area contributed by atoms with Crippen LogP contribution in [0.25, 0.3) is 0 Å². The van der Waals surface area contributed by atoms with E-state index in [-0.39, 0.29) is 12.0 Å². The zero-order valence-electron chi connectivity index (χ0n) is 11.9. The second-order valence-electron chi connectivity index (χ2n) is 4.48. The molecule has 0 aliphatic heterocycles. The van der Waals surface area contributed by atoms with Crippen LogP contribution in [0.5, 0.6) is 0 Å². The third-order valence-corrected chi connectivity index (χ3v) is 3.89. The van der Waals surface area contributed by atoms with Crippen molar-refractivity contribution >= 4 is 40.3 Å². The first kappa shape index (κ1) is 16.3. The molecule has 22 heavy (non-hydrogen) atoms. The second kappa shape index (κ2) is 7.79. The normalized spacial score (nSPS) is 9.91. The van der Waals surface area contributed by atoms with Crippen LogP contribution in [0.3, 0.4) is 0 Å². The molecular weight excluding hydrogens is 395 g/mol. The van der Waals surface area contributed by atoms with Crippen LogP contribution in [-0.2, 0) is 11.3 Å². The number of halogens is 1. The van der Waals surface area contributed by atoms with Crippen molar-refractivity contribution in [1.29, 1.82) is 0 Å². The minimum atomic E-state index is -0.379. The number of hydrogen-bond acceptors (Lipinski definition) is 3. The van der Waals surface area contributed by atoms with Crippen molar-refractivity contribution in [3.05, 3.63) is 63.2 Å². The van der Waals surface area contributed by atoms with Gasteiger partial charge in [0, 0.05) is 10.1 Å². The molecule has 2 aromatic rings. The van der Waals surface area contributed by atoms with E-state index in [1.165, 1.54) is 7.11 Å². The van der Waals surface area contributed by atoms with Gasteiger partial charge in [-0.25, -0.2) is 9.59 Å². The van der Waals surface area contributed by atoms with Gasteiger partial charge in [-0.2, -0.15) is 0 Å². The molecule has 0 aliphatic carbocycles. The highest BCUT2D eigenvalue weighted by molar-refractivity contribution is 14.1. The first-order chi connectivity index (χ1) is 10.6. The number of rotatable bonds is 4. The summed E-state index contributed by atoms with van der Waals surface area (Å²) >= 11 is 2.16. The molecule has 0 spiro atoms. The van der Waals surface area contributed by atoms with Crippen LogP contribution >= 0.6 is 22.6 Å². The minimum Gasteiger partial charge on any atom is -0.465 e. The van der Waals surface area contributed by atoms with Crippen molar-refractivity contribution < 1.29 is 14.3 Å². The lowest BCUT2D eigenvalue weighted by molar-refractivity contribution is 0.0600. The van der Waals surface area contributed by atoms with Crippen LogP contribution in [0.15, 0.2) is 48.5 Å². The van der Waals surface area contributed by atoms with Crippen molar-refractivity contribution in [2.24, 2.45) is 0 Å². The van der Waals surface area contributed by atoms with E-state index in [4.69, 9.17) is 0 Å². The number of ether oxygens (including phenoxy) is 1. The Kier molecular flexibility index (Phi) is 5.76. The van der Waals surface area contributed by atoms with Gasteiger partial charge in [0.15, 0.2) is 0 Å². The molecule has 0 bridgehead atoms. The Morgan fingerprint density at radius 1 is 1.09 bits per heavy atom. The third kappa shape index (κ3) is 4.45. The maximum Gasteiger partial charge on any atom is 0.337 e. The monoisotopic (exact) mass is 410 g/mol. The summed E-state index contributed by atoms with van der Waals surface area (Å²) in [5.41, 5.74) is 2.14. The lowest BCUT2D eigenvalue weighted by Gasteiger charge is -2.09. The Hall–Kier alpha value is -2.09. The van der Waals surface area contributed by atoms with Gasteiger partial charge in [0.2, 0.25) is 0 Å². The van der Waals surface area contributed by atoms with Gasteiger partial charge in [0.1, 0.15) is 0 Å². The number of carbonyl (C=O) groups is 2. The van der Waals surface area contributed by atoms with E-state index in [0.717, 1.165) is 14.8 Å². The standard InChI is InChI=1S/C16H15IN2O3/c1-22-15(20)12-8-6-11(7-9-12)10-18-16(21)19-14-5-3-2-4-13(14)17/h2-9H,10H2,1H3,(H2,18,19,21). The fourth-order valence-corrected chi connectivity index (χ4v) is 2.31. The number of anilines is 1. The molecule has 2 aromatic carbocycles. The number of urea groups is 1. The molecule has 6 heteroatoms. The molecule has 0 unspecified atom stereocenters. The van der Waals surface area contributed by atoms with E-state index < -0.39 is 0 Å². The minimum absolute atomic E-state index is 0.277. The molecule has 0 saturated heterocycles. The Balaban J connectivity index is 1.89. The highest BCUT2D eigenvalue weighted by Gasteiger charge is 2.06. The molecule has 0 atom stereocenters. The summed E-state index contributed by atoms with van der Waals surface area (Å²) in [4.78, 5) is 23.2. The molecule has 2 rings (SSSR count). The molecule has 114 valence electrons. The first-order valence-corrected chi connectivity index (χ1v) is 7.64. The first-order valence-electron chi connectivity index (χ1n) is 6.57. The van der Waals surface area contributed by atoms with E-state index in [2.05, 4.69) is 38.0 Å². The van der Waals surface area contributed by atoms with E-state index in [1.54, 1.807) is 24.3 Å². The van der Waals surface area contributed by atoms with Crippen LogP contribution < -0.4 is 10.6 Å². The Bertz CT molecular complexity index is 671. The molecule has 0 aromatic heterocycles. The fraction of sp³-hybridized carbons (Fsp3) is 0.125. The number of carbonyl (C=O) groups excluding carboxylic acids is 2. The molecule has 5 nitrogen and oxygen atoms in total. The molecule has 0 heterocycles. The average molecular weight is 410 g/mol. The zero-order valence-corrected chi connectivity index (χ0v) is 14.1. The van der Waals surface area contributed by atoms with Crippen molar-refractivity contribution in [2.75, 3.05) is 12.4 Å². The van der Waals surface area contributed by atoms with Crippen LogP contribution in [0.2, 0.25) is 0 Å². The molecule has 2 N–H and O–H groups in total. The summed E-state index contributed by atoms with van der Waals surface area (Å²) in [5, 5.41) is 5.56. The summed E-state index contributed by atoms with van der Waals surface area (Å²) in [6.45, 7) is 0.372. The number of amides is 2. The summed E-state index contributed by atoms with van der Waals surface area (Å²) in [6, 6.07) is 14.1. The third-order valence-electron chi connectivity index (χ3n) is 2.95. The van der Waals surface area contributed by atoms with E-state index in [1.807, 2.05) is 24.3 Å². The zero-order chi connectivity index (χ0) is 15.9. The van der Waals surface area contributed by atoms with Crippen LogP contribution in [0.1, 0.15) is 15.9 Å². The predicted octanol–water partition coefficient (Wildman–Crippen LogP) is 3.40. The lowest BCUT2D eigenvalue weighted by atomic mass is 10.1. The van der Waals surface area contributed by atoms with Gasteiger partial charge in [-0.1, -0.05) is 24.3 Å². The van der Waals surface area contributed by atoms with Gasteiger partial charge >= 0.3 is 12.0 Å². The Morgan fingerprint density at radius 2 is 1.77 bits per heavy atom. The van der Waals surface area contributed by atoms with Gasteiger partial charge in [-0.15, -0.1) is 0 Å². The van der Waals surface area contributed by atoms with Crippen LogP contribution in [0.4, 0.5) is 10.5 Å². The maximum absolute atomic E-state index is 11.9. The number of hydrogen-bond donors (Lipinski definition) is 2. The second-order valence-corrected chi connectivity index (χ2v) is 5.64. The predicted molar refractivity (Wildman–Crippen MR) is 92.8 cm³/mol. The number of methoxy groups -OCH3 is 1. The van der Waals surface area contributed by atoms with Crippen molar-refractivity contribution in [3.8, 4) is 0 Å². The fourth-order valence-electron chi connectivity index (χ4n) is 1.79. The summed E-state index contributed by atoms with van der Waals surface area (Å²) in [6.07, 6.45) is 0. The van der Waals surface area contributed by atoms with E-state index in [9.17, 15) is 9.59 Å². The molecule has 0 fully saturated rings. The van der Waals surface area contributed by atoms with Gasteiger partial charge < -0.3 is 15.4 Å². The number of nitrogens with one attached hydrogen (secondary N) is 2. The van der Waals surface area contributed by atoms with Gasteiger partial charge in [0.05, 0.1) is 18.4 Å². The molecule has 0 radical (unpaired) electrons. The highest BCUT2D eigenvalue weighted by atomic mass is 127. The molecule has 0 aliphatic rings. The molecule has 0 saturated carbocycles. The molecule has 2 amide bonds. The number of esters is 1. The van der Waals surface area contributed by atoms with Crippen LogP contribution in [0, 0.1) is 3.57 Å². The van der Waals surface area contributed by atoms with Gasteiger partial charge in [-0.05, 0) is 52.4 Å². The summed E-state index contributed by atoms with van der Waals surface area (Å²) in [5.74, 6) is -0.379.